The maximum Gasteiger partial charge on any atom is 0.0642 e. The standard InChI is InChI=1S/C17H25ClN2/c1-12-4-3-9-20(13(12)2)17-8-5-14(10-16(17)18)11-19-15-6-7-15/h5,8,10,12-13,15,19H,3-4,6-7,9,11H2,1-2H3. The fraction of sp³-hybridized carbons (Fsp3) is 0.647. The summed E-state index contributed by atoms with van der Waals surface area (Å²) in [5.74, 6) is 0.746. The van der Waals surface area contributed by atoms with Crippen LogP contribution in [0.1, 0.15) is 45.1 Å². The number of nitrogens with zero attached hydrogens (tertiary/aromatic N) is 1. The molecule has 2 unspecified atom stereocenters. The van der Waals surface area contributed by atoms with E-state index in [4.69, 9.17) is 11.6 Å². The minimum absolute atomic E-state index is 0.580. The van der Waals surface area contributed by atoms with E-state index in [0.29, 0.717) is 6.04 Å². The molecule has 0 aromatic heterocycles. The smallest absolute Gasteiger partial charge is 0.0642 e. The zero-order chi connectivity index (χ0) is 14.1. The Morgan fingerprint density at radius 1 is 1.25 bits per heavy atom. The van der Waals surface area contributed by atoms with E-state index in [0.717, 1.165) is 30.1 Å². The molecule has 0 bridgehead atoms. The van der Waals surface area contributed by atoms with Gasteiger partial charge in [0.05, 0.1) is 10.7 Å². The van der Waals surface area contributed by atoms with Gasteiger partial charge in [-0.05, 0) is 56.2 Å². The summed E-state index contributed by atoms with van der Waals surface area (Å²) in [6.45, 7) is 6.74. The van der Waals surface area contributed by atoms with Crippen molar-refractivity contribution in [2.45, 2.75) is 58.2 Å². The van der Waals surface area contributed by atoms with Gasteiger partial charge in [0, 0.05) is 25.2 Å². The van der Waals surface area contributed by atoms with E-state index >= 15 is 0 Å². The Labute approximate surface area is 127 Å². The summed E-state index contributed by atoms with van der Waals surface area (Å²) in [5.41, 5.74) is 2.50. The number of rotatable bonds is 4. The Bertz CT molecular complexity index is 470. The second-order valence-corrected chi connectivity index (χ2v) is 6.90. The summed E-state index contributed by atoms with van der Waals surface area (Å²) in [4.78, 5) is 2.48. The minimum Gasteiger partial charge on any atom is -0.367 e. The first-order valence-electron chi connectivity index (χ1n) is 7.93. The van der Waals surface area contributed by atoms with E-state index in [-0.39, 0.29) is 0 Å². The molecule has 1 saturated heterocycles. The van der Waals surface area contributed by atoms with Gasteiger partial charge in [-0.2, -0.15) is 0 Å². The first kappa shape index (κ1) is 14.2. The van der Waals surface area contributed by atoms with Crippen molar-refractivity contribution in [3.05, 3.63) is 28.8 Å². The Morgan fingerprint density at radius 2 is 2.05 bits per heavy atom. The molecule has 0 radical (unpaired) electrons. The van der Waals surface area contributed by atoms with Crippen LogP contribution in [0.25, 0.3) is 0 Å². The molecular weight excluding hydrogens is 268 g/mol. The van der Waals surface area contributed by atoms with E-state index in [1.165, 1.54) is 36.9 Å². The van der Waals surface area contributed by atoms with Crippen molar-refractivity contribution in [2.24, 2.45) is 5.92 Å². The topological polar surface area (TPSA) is 15.3 Å². The second-order valence-electron chi connectivity index (χ2n) is 6.49. The van der Waals surface area contributed by atoms with Gasteiger partial charge in [-0.3, -0.25) is 0 Å². The first-order chi connectivity index (χ1) is 9.65. The number of halogens is 1. The molecule has 1 saturated carbocycles. The predicted octanol–water partition coefficient (Wildman–Crippen LogP) is 4.22. The van der Waals surface area contributed by atoms with Gasteiger partial charge in [0.1, 0.15) is 0 Å². The number of nitrogens with one attached hydrogen (secondary N) is 1. The van der Waals surface area contributed by atoms with Crippen LogP contribution in [0.2, 0.25) is 5.02 Å². The molecule has 0 amide bonds. The number of hydrogen-bond acceptors (Lipinski definition) is 2. The average Bonchev–Trinajstić information content (AvgIpc) is 3.24. The molecule has 2 nitrogen and oxygen atoms in total. The van der Waals surface area contributed by atoms with Crippen molar-refractivity contribution in [2.75, 3.05) is 11.4 Å². The molecule has 1 aromatic carbocycles. The Hall–Kier alpha value is -0.730. The number of benzene rings is 1. The second kappa shape index (κ2) is 5.95. The lowest BCUT2D eigenvalue weighted by atomic mass is 9.91. The molecule has 110 valence electrons. The fourth-order valence-corrected chi connectivity index (χ4v) is 3.43. The lowest BCUT2D eigenvalue weighted by Crippen LogP contribution is -2.42. The molecule has 1 aliphatic heterocycles. The van der Waals surface area contributed by atoms with Gasteiger partial charge >= 0.3 is 0 Å². The molecule has 1 heterocycles. The van der Waals surface area contributed by atoms with Crippen molar-refractivity contribution in [1.82, 2.24) is 5.32 Å². The molecule has 3 heteroatoms. The van der Waals surface area contributed by atoms with Crippen molar-refractivity contribution in [1.29, 1.82) is 0 Å². The van der Waals surface area contributed by atoms with Gasteiger partial charge in [-0.1, -0.05) is 24.6 Å². The predicted molar refractivity (Wildman–Crippen MR) is 86.5 cm³/mol. The molecule has 1 aromatic rings. The monoisotopic (exact) mass is 292 g/mol. The lowest BCUT2D eigenvalue weighted by Gasteiger charge is -2.40. The summed E-state index contributed by atoms with van der Waals surface area (Å²) in [6, 6.07) is 7.90. The third-order valence-corrected chi connectivity index (χ3v) is 5.17. The van der Waals surface area contributed by atoms with E-state index in [1.807, 2.05) is 0 Å². The zero-order valence-electron chi connectivity index (χ0n) is 12.5. The Morgan fingerprint density at radius 3 is 2.75 bits per heavy atom. The van der Waals surface area contributed by atoms with Crippen LogP contribution in [0.15, 0.2) is 18.2 Å². The highest BCUT2D eigenvalue weighted by Gasteiger charge is 2.26. The van der Waals surface area contributed by atoms with Gasteiger partial charge in [-0.25, -0.2) is 0 Å². The van der Waals surface area contributed by atoms with E-state index < -0.39 is 0 Å². The van der Waals surface area contributed by atoms with Crippen molar-refractivity contribution in [3.63, 3.8) is 0 Å². The van der Waals surface area contributed by atoms with E-state index in [1.54, 1.807) is 0 Å². The summed E-state index contributed by atoms with van der Waals surface area (Å²) < 4.78 is 0. The number of anilines is 1. The summed E-state index contributed by atoms with van der Waals surface area (Å²) in [5, 5.41) is 4.45. The molecule has 3 rings (SSSR count). The molecule has 2 fully saturated rings. The number of hydrogen-bond donors (Lipinski definition) is 1. The largest absolute Gasteiger partial charge is 0.367 e. The van der Waals surface area contributed by atoms with Crippen LogP contribution in [-0.4, -0.2) is 18.6 Å². The lowest BCUT2D eigenvalue weighted by molar-refractivity contribution is 0.363. The molecular formula is C17H25ClN2. The van der Waals surface area contributed by atoms with Crippen LogP contribution in [0, 0.1) is 5.92 Å². The van der Waals surface area contributed by atoms with Crippen molar-refractivity contribution in [3.8, 4) is 0 Å². The van der Waals surface area contributed by atoms with Crippen molar-refractivity contribution >= 4 is 17.3 Å². The van der Waals surface area contributed by atoms with Gasteiger partial charge in [0.15, 0.2) is 0 Å². The Balaban J connectivity index is 1.72. The van der Waals surface area contributed by atoms with Crippen LogP contribution in [-0.2, 0) is 6.54 Å². The Kier molecular flexibility index (Phi) is 4.23. The maximum absolute atomic E-state index is 6.54. The molecule has 1 aliphatic carbocycles. The maximum atomic E-state index is 6.54. The minimum atomic E-state index is 0.580. The molecule has 2 atom stereocenters. The normalized spacial score (nSPS) is 26.9. The molecule has 20 heavy (non-hydrogen) atoms. The summed E-state index contributed by atoms with van der Waals surface area (Å²) in [6.07, 6.45) is 5.26. The quantitative estimate of drug-likeness (QED) is 0.894. The van der Waals surface area contributed by atoms with Gasteiger partial charge in [0.2, 0.25) is 0 Å². The van der Waals surface area contributed by atoms with Gasteiger partial charge in [0.25, 0.3) is 0 Å². The molecule has 1 N–H and O–H groups in total. The highest BCUT2D eigenvalue weighted by Crippen LogP contribution is 2.34. The van der Waals surface area contributed by atoms with Crippen LogP contribution in [0.4, 0.5) is 5.69 Å². The summed E-state index contributed by atoms with van der Waals surface area (Å²) >= 11 is 6.54. The summed E-state index contributed by atoms with van der Waals surface area (Å²) in [7, 11) is 0. The molecule has 0 spiro atoms. The first-order valence-corrected chi connectivity index (χ1v) is 8.31. The van der Waals surface area contributed by atoms with Crippen LogP contribution < -0.4 is 10.2 Å². The van der Waals surface area contributed by atoms with Gasteiger partial charge in [-0.15, -0.1) is 0 Å². The SMILES string of the molecule is CC1CCCN(c2ccc(CNC3CC3)cc2Cl)C1C. The zero-order valence-corrected chi connectivity index (χ0v) is 13.3. The highest BCUT2D eigenvalue weighted by atomic mass is 35.5. The van der Waals surface area contributed by atoms with E-state index in [2.05, 4.69) is 42.3 Å². The fourth-order valence-electron chi connectivity index (χ4n) is 3.12. The third-order valence-electron chi connectivity index (χ3n) is 4.87. The van der Waals surface area contributed by atoms with E-state index in [9.17, 15) is 0 Å². The average molecular weight is 293 g/mol. The van der Waals surface area contributed by atoms with Gasteiger partial charge < -0.3 is 10.2 Å². The van der Waals surface area contributed by atoms with Crippen LogP contribution >= 0.6 is 11.6 Å². The van der Waals surface area contributed by atoms with Crippen LogP contribution in [0.5, 0.6) is 0 Å². The highest BCUT2D eigenvalue weighted by molar-refractivity contribution is 6.33. The molecule has 2 aliphatic rings. The van der Waals surface area contributed by atoms with Crippen molar-refractivity contribution < 1.29 is 0 Å². The van der Waals surface area contributed by atoms with Crippen LogP contribution in [0.3, 0.4) is 0 Å². The third kappa shape index (κ3) is 3.12. The number of piperidine rings is 1.